The van der Waals surface area contributed by atoms with Crippen LogP contribution in [-0.2, 0) is 19.1 Å². The zero-order chi connectivity index (χ0) is 16.6. The number of hydrogen-bond acceptors (Lipinski definition) is 6. The third-order valence-electron chi connectivity index (χ3n) is 3.28. The minimum Gasteiger partial charge on any atom is -0.419 e. The van der Waals surface area contributed by atoms with Gasteiger partial charge in [-0.3, -0.25) is 4.79 Å². The maximum absolute atomic E-state index is 11.8. The van der Waals surface area contributed by atoms with Gasteiger partial charge in [-0.2, -0.15) is 0 Å². The first-order chi connectivity index (χ1) is 10.9. The molecule has 1 fully saturated rings. The smallest absolute Gasteiger partial charge is 0.350 e. The molecule has 2 heterocycles. The maximum atomic E-state index is 11.8. The van der Waals surface area contributed by atoms with Crippen LogP contribution in [0.2, 0.25) is 0 Å². The molecule has 7 nitrogen and oxygen atoms in total. The van der Waals surface area contributed by atoms with Crippen molar-refractivity contribution in [2.24, 2.45) is 0 Å². The average Bonchev–Trinajstić information content (AvgIpc) is 2.46. The van der Waals surface area contributed by atoms with Crippen LogP contribution in [0.25, 0.3) is 10.8 Å². The molecule has 0 aliphatic carbocycles. The quantitative estimate of drug-likeness (QED) is 0.497. The lowest BCUT2D eigenvalue weighted by Crippen LogP contribution is -2.42. The Labute approximate surface area is 130 Å². The Morgan fingerprint density at radius 2 is 1.78 bits per heavy atom. The molecule has 2 N–H and O–H groups in total. The zero-order valence-corrected chi connectivity index (χ0v) is 12.5. The van der Waals surface area contributed by atoms with E-state index >= 15 is 0 Å². The van der Waals surface area contributed by atoms with Crippen LogP contribution >= 0.6 is 0 Å². The van der Waals surface area contributed by atoms with Crippen molar-refractivity contribution in [3.63, 3.8) is 0 Å². The van der Waals surface area contributed by atoms with Crippen molar-refractivity contribution in [3.8, 4) is 0 Å². The largest absolute Gasteiger partial charge is 0.419 e. The van der Waals surface area contributed by atoms with Gasteiger partial charge < -0.3 is 19.8 Å². The molecule has 0 spiro atoms. The second kappa shape index (κ2) is 5.28. The molecule has 1 aliphatic rings. The van der Waals surface area contributed by atoms with Gasteiger partial charge in [0.25, 0.3) is 11.3 Å². The number of fused-ring (bicyclic) bond motifs is 1. The van der Waals surface area contributed by atoms with E-state index < -0.39 is 17.7 Å². The number of rotatable bonds is 2. The molecule has 7 heteroatoms. The van der Waals surface area contributed by atoms with Gasteiger partial charge in [0.05, 0.1) is 0 Å². The number of aromatic amines is 1. The number of carbonyl (C=O) groups is 2. The topological polar surface area (TPSA) is 97.5 Å². The van der Waals surface area contributed by atoms with Crippen LogP contribution in [-0.4, -0.2) is 22.7 Å². The fraction of sp³-hybridized carbons (Fsp3) is 0.188. The van der Waals surface area contributed by atoms with Crippen LogP contribution in [0.3, 0.4) is 0 Å². The number of esters is 2. The van der Waals surface area contributed by atoms with Gasteiger partial charge in [0.15, 0.2) is 5.57 Å². The van der Waals surface area contributed by atoms with Crippen LogP contribution in [0, 0.1) is 0 Å². The molecule has 0 atom stereocenters. The Kier molecular flexibility index (Phi) is 3.40. The first-order valence-corrected chi connectivity index (χ1v) is 6.90. The van der Waals surface area contributed by atoms with Crippen LogP contribution in [0.5, 0.6) is 0 Å². The molecule has 118 valence electrons. The molecular formula is C16H14N2O5. The summed E-state index contributed by atoms with van der Waals surface area (Å²) in [6, 6.07) is 6.87. The monoisotopic (exact) mass is 314 g/mol. The second-order valence-corrected chi connectivity index (χ2v) is 5.49. The van der Waals surface area contributed by atoms with E-state index in [1.807, 2.05) is 0 Å². The summed E-state index contributed by atoms with van der Waals surface area (Å²) >= 11 is 0. The first-order valence-electron chi connectivity index (χ1n) is 6.90. The number of H-pyrrole nitrogens is 1. The van der Waals surface area contributed by atoms with E-state index in [-0.39, 0.29) is 11.1 Å². The molecule has 0 amide bonds. The van der Waals surface area contributed by atoms with Crippen LogP contribution in [0.15, 0.2) is 47.0 Å². The number of pyridine rings is 1. The van der Waals surface area contributed by atoms with Crippen molar-refractivity contribution in [2.45, 2.75) is 19.6 Å². The van der Waals surface area contributed by atoms with E-state index in [0.717, 1.165) is 5.39 Å². The lowest BCUT2D eigenvalue weighted by atomic mass is 10.1. The summed E-state index contributed by atoms with van der Waals surface area (Å²) in [6.45, 7) is 2.95. The summed E-state index contributed by atoms with van der Waals surface area (Å²) in [5.74, 6) is -2.81. The minimum absolute atomic E-state index is 0.225. The van der Waals surface area contributed by atoms with Crippen molar-refractivity contribution < 1.29 is 19.1 Å². The molecule has 3 rings (SSSR count). The molecule has 0 saturated carbocycles. The van der Waals surface area contributed by atoms with Gasteiger partial charge in [0.1, 0.15) is 0 Å². The molecular weight excluding hydrogens is 300 g/mol. The molecule has 0 radical (unpaired) electrons. The highest BCUT2D eigenvalue weighted by atomic mass is 16.7. The predicted molar refractivity (Wildman–Crippen MR) is 82.5 cm³/mol. The number of hydrogen-bond donors (Lipinski definition) is 2. The molecule has 1 aromatic carbocycles. The Hall–Kier alpha value is -3.09. The Balaban J connectivity index is 1.88. The molecule has 0 unspecified atom stereocenters. The summed E-state index contributed by atoms with van der Waals surface area (Å²) in [7, 11) is 0. The van der Waals surface area contributed by atoms with Gasteiger partial charge in [-0.05, 0) is 23.6 Å². The van der Waals surface area contributed by atoms with Crippen molar-refractivity contribution in [3.05, 3.63) is 52.6 Å². The van der Waals surface area contributed by atoms with Gasteiger partial charge in [-0.1, -0.05) is 6.07 Å². The Bertz CT molecular complexity index is 873. The SMILES string of the molecule is CC1(C)OC(=O)C(=CNc2ccc3cc[nH]c(=O)c3c2)C(=O)O1. The summed E-state index contributed by atoms with van der Waals surface area (Å²) in [5.41, 5.74) is 0.0792. The van der Waals surface area contributed by atoms with Crippen molar-refractivity contribution in [1.82, 2.24) is 4.98 Å². The molecule has 1 saturated heterocycles. The van der Waals surface area contributed by atoms with Crippen LogP contribution < -0.4 is 10.9 Å². The van der Waals surface area contributed by atoms with Gasteiger partial charge in [0, 0.05) is 37.3 Å². The Morgan fingerprint density at radius 3 is 2.48 bits per heavy atom. The zero-order valence-electron chi connectivity index (χ0n) is 12.5. The van der Waals surface area contributed by atoms with Gasteiger partial charge in [0.2, 0.25) is 0 Å². The molecule has 23 heavy (non-hydrogen) atoms. The minimum atomic E-state index is -1.28. The number of anilines is 1. The predicted octanol–water partition coefficient (Wildman–Crippen LogP) is 1.66. The van der Waals surface area contributed by atoms with Gasteiger partial charge >= 0.3 is 11.9 Å². The van der Waals surface area contributed by atoms with Gasteiger partial charge in [-0.25, -0.2) is 9.59 Å². The van der Waals surface area contributed by atoms with Gasteiger partial charge in [-0.15, -0.1) is 0 Å². The fourth-order valence-electron chi connectivity index (χ4n) is 2.21. The van der Waals surface area contributed by atoms with E-state index in [2.05, 4.69) is 10.3 Å². The lowest BCUT2D eigenvalue weighted by molar-refractivity contribution is -0.222. The van der Waals surface area contributed by atoms with Crippen molar-refractivity contribution in [2.75, 3.05) is 5.32 Å². The van der Waals surface area contributed by atoms with E-state index in [4.69, 9.17) is 9.47 Å². The van der Waals surface area contributed by atoms with Crippen molar-refractivity contribution >= 4 is 28.4 Å². The normalized spacial score (nSPS) is 16.7. The molecule has 2 aromatic rings. The highest BCUT2D eigenvalue weighted by molar-refractivity contribution is 6.15. The lowest BCUT2D eigenvalue weighted by Gasteiger charge is -2.29. The maximum Gasteiger partial charge on any atom is 0.350 e. The number of nitrogens with one attached hydrogen (secondary N) is 2. The average molecular weight is 314 g/mol. The van der Waals surface area contributed by atoms with E-state index in [9.17, 15) is 14.4 Å². The summed E-state index contributed by atoms with van der Waals surface area (Å²) < 4.78 is 9.98. The molecule has 1 aromatic heterocycles. The van der Waals surface area contributed by atoms with E-state index in [1.165, 1.54) is 20.0 Å². The highest BCUT2D eigenvalue weighted by Crippen LogP contribution is 2.23. The number of ether oxygens (including phenoxy) is 2. The number of carbonyl (C=O) groups excluding carboxylic acids is 2. The number of cyclic esters (lactones) is 2. The summed E-state index contributed by atoms with van der Waals surface area (Å²) in [5, 5.41) is 4.08. The van der Waals surface area contributed by atoms with E-state index in [0.29, 0.717) is 11.1 Å². The molecule has 0 bridgehead atoms. The highest BCUT2D eigenvalue weighted by Gasteiger charge is 2.38. The molecule has 1 aliphatic heterocycles. The van der Waals surface area contributed by atoms with Crippen LogP contribution in [0.1, 0.15) is 13.8 Å². The summed E-state index contributed by atoms with van der Waals surface area (Å²) in [6.07, 6.45) is 2.77. The summed E-state index contributed by atoms with van der Waals surface area (Å²) in [4.78, 5) is 38.0. The third kappa shape index (κ3) is 2.94. The second-order valence-electron chi connectivity index (χ2n) is 5.49. The van der Waals surface area contributed by atoms with E-state index in [1.54, 1.807) is 30.5 Å². The Morgan fingerprint density at radius 1 is 1.09 bits per heavy atom. The fourth-order valence-corrected chi connectivity index (χ4v) is 2.21. The number of aromatic nitrogens is 1. The first kappa shape index (κ1) is 14.8. The standard InChI is InChI=1S/C16H14N2O5/c1-16(2)22-14(20)12(15(21)23-16)8-18-10-4-3-9-5-6-17-13(19)11(9)7-10/h3-8,18H,1-2H3,(H,17,19). The van der Waals surface area contributed by atoms with Crippen LogP contribution in [0.4, 0.5) is 5.69 Å². The van der Waals surface area contributed by atoms with Crippen molar-refractivity contribution in [1.29, 1.82) is 0 Å². The number of benzene rings is 1. The third-order valence-corrected chi connectivity index (χ3v) is 3.28.